The molecule has 1 aliphatic rings. The van der Waals surface area contributed by atoms with Crippen LogP contribution < -0.4 is 0 Å². The van der Waals surface area contributed by atoms with E-state index in [1.54, 1.807) is 0 Å². The van der Waals surface area contributed by atoms with Gasteiger partial charge in [-0.05, 0) is 0 Å². The monoisotopic (exact) mass is 126 g/mol. The maximum atomic E-state index is 10.4. The highest BCUT2D eigenvalue weighted by Gasteiger charge is 2.21. The fourth-order valence-corrected chi connectivity index (χ4v) is 0.558. The second kappa shape index (κ2) is 1.99. The molecule has 2 amide bonds. The van der Waals surface area contributed by atoms with Gasteiger partial charge in [-0.15, -0.1) is 0 Å². The van der Waals surface area contributed by atoms with Crippen molar-refractivity contribution >= 4 is 11.8 Å². The van der Waals surface area contributed by atoms with E-state index in [4.69, 9.17) is 0 Å². The molecule has 4 heteroatoms. The van der Waals surface area contributed by atoms with Gasteiger partial charge in [0.05, 0.1) is 0 Å². The van der Waals surface area contributed by atoms with Crippen LogP contribution in [0.15, 0.2) is 12.2 Å². The fourth-order valence-electron chi connectivity index (χ4n) is 0.558. The van der Waals surface area contributed by atoms with Gasteiger partial charge in [0.25, 0.3) is 11.8 Å². The van der Waals surface area contributed by atoms with Crippen LogP contribution in [0.3, 0.4) is 0 Å². The number of nitrogens with zero attached hydrogens (tertiary/aromatic N) is 1. The van der Waals surface area contributed by atoms with Crippen LogP contribution in [0.25, 0.3) is 0 Å². The first-order chi connectivity index (χ1) is 4.25. The van der Waals surface area contributed by atoms with Crippen LogP contribution in [0.1, 0.15) is 0 Å². The summed E-state index contributed by atoms with van der Waals surface area (Å²) in [4.78, 5) is 21.5. The topological polar surface area (TPSA) is 57.3 Å². The molecule has 0 bridgehead atoms. The van der Waals surface area contributed by atoms with Crippen molar-refractivity contribution in [1.82, 2.24) is 4.90 Å². The molecule has 0 aromatic carbocycles. The van der Waals surface area contributed by atoms with Gasteiger partial charge in [0, 0.05) is 12.2 Å². The van der Waals surface area contributed by atoms with Crippen LogP contribution in [-0.4, -0.2) is 23.4 Å². The van der Waals surface area contributed by atoms with Crippen LogP contribution in [0, 0.1) is 0 Å². The maximum Gasteiger partial charge on any atom is 0.255 e. The summed E-state index contributed by atoms with van der Waals surface area (Å²) in [6, 6.07) is 0. The van der Waals surface area contributed by atoms with Crippen LogP contribution in [0.4, 0.5) is 0 Å². The van der Waals surface area contributed by atoms with Crippen molar-refractivity contribution < 1.29 is 14.7 Å². The van der Waals surface area contributed by atoms with E-state index >= 15 is 0 Å². The van der Waals surface area contributed by atoms with E-state index in [0.29, 0.717) is 4.90 Å². The van der Waals surface area contributed by atoms with Gasteiger partial charge in [0.15, 0.2) is 6.73 Å². The highest BCUT2D eigenvalue weighted by atomic mass is 16.3. The van der Waals surface area contributed by atoms with Crippen LogP contribution >= 0.6 is 0 Å². The predicted octanol–water partition coefficient (Wildman–Crippen LogP) is -0.701. The molecule has 1 radical (unpaired) electrons. The Morgan fingerprint density at radius 2 is 1.67 bits per heavy atom. The smallest absolute Gasteiger partial charge is 0.255 e. The molecule has 0 spiro atoms. The molecule has 0 aromatic heterocycles. The Bertz CT molecular complexity index is 167. The zero-order valence-electron chi connectivity index (χ0n) is 4.53. The second-order valence-corrected chi connectivity index (χ2v) is 1.57. The third-order valence-corrected chi connectivity index (χ3v) is 1.03. The standard InChI is InChI=1S/C5H4NO3/c7-3-6-4(8)1-2-5(6)9/h1-2H,3H2. The molecule has 0 aromatic rings. The zero-order valence-corrected chi connectivity index (χ0v) is 4.53. The van der Waals surface area contributed by atoms with E-state index in [0.717, 1.165) is 12.2 Å². The van der Waals surface area contributed by atoms with Crippen LogP contribution in [-0.2, 0) is 14.7 Å². The van der Waals surface area contributed by atoms with Gasteiger partial charge in [-0.3, -0.25) is 9.59 Å². The Hall–Kier alpha value is -1.16. The van der Waals surface area contributed by atoms with E-state index in [2.05, 4.69) is 0 Å². The highest BCUT2D eigenvalue weighted by Crippen LogP contribution is 2.00. The molecule has 1 rings (SSSR count). The molecule has 0 unspecified atom stereocenters. The van der Waals surface area contributed by atoms with Crippen molar-refractivity contribution in [3.63, 3.8) is 0 Å². The molecule has 0 saturated heterocycles. The van der Waals surface area contributed by atoms with Gasteiger partial charge in [0.1, 0.15) is 0 Å². The van der Waals surface area contributed by atoms with Crippen molar-refractivity contribution in [2.45, 2.75) is 0 Å². The number of hydrogen-bond donors (Lipinski definition) is 0. The average molecular weight is 126 g/mol. The van der Waals surface area contributed by atoms with Gasteiger partial charge in [-0.25, -0.2) is 10.0 Å². The number of carbonyl (C=O) groups is 2. The summed E-state index contributed by atoms with van der Waals surface area (Å²) >= 11 is 0. The molecule has 4 nitrogen and oxygen atoms in total. The summed E-state index contributed by atoms with van der Waals surface area (Å²) in [5.41, 5.74) is 0. The first kappa shape index (κ1) is 5.97. The van der Waals surface area contributed by atoms with E-state index in [-0.39, 0.29) is 0 Å². The van der Waals surface area contributed by atoms with Gasteiger partial charge >= 0.3 is 0 Å². The van der Waals surface area contributed by atoms with E-state index in [1.165, 1.54) is 0 Å². The van der Waals surface area contributed by atoms with Gasteiger partial charge < -0.3 is 0 Å². The predicted molar refractivity (Wildman–Crippen MR) is 26.5 cm³/mol. The third-order valence-electron chi connectivity index (χ3n) is 1.03. The number of rotatable bonds is 1. The Kier molecular flexibility index (Phi) is 1.32. The molecule has 0 fully saturated rings. The summed E-state index contributed by atoms with van der Waals surface area (Å²) in [5.74, 6) is -1.04. The molecule has 1 heterocycles. The molecule has 0 saturated carbocycles. The Morgan fingerprint density at radius 3 is 1.89 bits per heavy atom. The van der Waals surface area contributed by atoms with Gasteiger partial charge in [0.2, 0.25) is 0 Å². The Labute approximate surface area is 51.4 Å². The van der Waals surface area contributed by atoms with Crippen molar-refractivity contribution in [3.8, 4) is 0 Å². The molecule has 9 heavy (non-hydrogen) atoms. The SMILES string of the molecule is [O]CN1C(=O)C=CC1=O. The minimum atomic E-state index is -0.787. The van der Waals surface area contributed by atoms with Crippen molar-refractivity contribution in [3.05, 3.63) is 12.2 Å². The summed E-state index contributed by atoms with van der Waals surface area (Å²) < 4.78 is 0. The lowest BCUT2D eigenvalue weighted by Crippen LogP contribution is -2.29. The van der Waals surface area contributed by atoms with Crippen LogP contribution in [0.2, 0.25) is 0 Å². The minimum Gasteiger partial charge on any atom is -0.269 e. The number of imide groups is 1. The van der Waals surface area contributed by atoms with Crippen molar-refractivity contribution in [2.24, 2.45) is 0 Å². The van der Waals surface area contributed by atoms with E-state index in [9.17, 15) is 14.7 Å². The van der Waals surface area contributed by atoms with Crippen molar-refractivity contribution in [1.29, 1.82) is 0 Å². The third kappa shape index (κ3) is 0.837. The fraction of sp³-hybridized carbons (Fsp3) is 0.200. The maximum absolute atomic E-state index is 10.4. The Morgan fingerprint density at radius 1 is 1.22 bits per heavy atom. The lowest BCUT2D eigenvalue weighted by Gasteiger charge is -2.05. The first-order valence-electron chi connectivity index (χ1n) is 2.37. The van der Waals surface area contributed by atoms with Gasteiger partial charge in [-0.1, -0.05) is 0 Å². The number of carbonyl (C=O) groups excluding carboxylic acids is 2. The lowest BCUT2D eigenvalue weighted by molar-refractivity contribution is -0.142. The summed E-state index contributed by atoms with van der Waals surface area (Å²) in [7, 11) is 0. The molecular weight excluding hydrogens is 122 g/mol. The quantitative estimate of drug-likeness (QED) is 0.436. The molecule has 0 atom stereocenters. The summed E-state index contributed by atoms with van der Waals surface area (Å²) in [6.07, 6.45) is 2.17. The number of amides is 2. The van der Waals surface area contributed by atoms with Crippen LogP contribution in [0.5, 0.6) is 0 Å². The van der Waals surface area contributed by atoms with Crippen molar-refractivity contribution in [2.75, 3.05) is 6.73 Å². The van der Waals surface area contributed by atoms with Gasteiger partial charge in [-0.2, -0.15) is 0 Å². The minimum absolute atomic E-state index is 0.519. The van der Waals surface area contributed by atoms with E-state index < -0.39 is 18.5 Å². The molecule has 47 valence electrons. The highest BCUT2D eigenvalue weighted by molar-refractivity contribution is 6.12. The summed E-state index contributed by atoms with van der Waals surface area (Å²) in [5, 5.41) is 10.00. The molecular formula is C5H4NO3. The molecule has 1 aliphatic heterocycles. The number of hydrogen-bond acceptors (Lipinski definition) is 2. The second-order valence-electron chi connectivity index (χ2n) is 1.57. The normalized spacial score (nSPS) is 17.7. The summed E-state index contributed by atoms with van der Waals surface area (Å²) in [6.45, 7) is -0.787. The largest absolute Gasteiger partial charge is 0.269 e. The molecule has 0 N–H and O–H groups in total. The lowest BCUT2D eigenvalue weighted by atomic mass is 10.6. The Balaban J connectivity index is 2.75. The first-order valence-corrected chi connectivity index (χ1v) is 2.37. The van der Waals surface area contributed by atoms with E-state index in [1.807, 2.05) is 0 Å². The zero-order chi connectivity index (χ0) is 6.85. The average Bonchev–Trinajstić information content (AvgIpc) is 2.12. The molecule has 0 aliphatic carbocycles.